The summed E-state index contributed by atoms with van der Waals surface area (Å²) in [6.45, 7) is 6.93. The number of carbonyl (C=O) groups excluding carboxylic acids is 4. The molecule has 0 aromatic carbocycles. The first-order valence-electron chi connectivity index (χ1n) is 14.3. The van der Waals surface area contributed by atoms with Gasteiger partial charge in [-0.25, -0.2) is 4.79 Å². The van der Waals surface area contributed by atoms with Crippen molar-refractivity contribution < 1.29 is 53.6 Å². The highest BCUT2D eigenvalue weighted by Crippen LogP contribution is 2.22. The van der Waals surface area contributed by atoms with Crippen molar-refractivity contribution in [3.63, 3.8) is 0 Å². The molecule has 0 aromatic rings. The molecule has 4 unspecified atom stereocenters. The molecule has 0 aliphatic rings. The van der Waals surface area contributed by atoms with Crippen LogP contribution < -0.4 is 32.3 Å². The molecule has 0 aliphatic carbocycles. The number of carboxylic acids is 3. The number of carboxylic acid groups (broad SMARTS) is 3. The first kappa shape index (κ1) is 42.2. The van der Waals surface area contributed by atoms with Gasteiger partial charge in [0.1, 0.15) is 24.7 Å². The Balaban J connectivity index is 5.64. The van der Waals surface area contributed by atoms with Gasteiger partial charge in [0.05, 0.1) is 24.8 Å². The molecule has 262 valence electrons. The maximum atomic E-state index is 13.3. The molecule has 3 amide bonds. The van der Waals surface area contributed by atoms with Gasteiger partial charge in [0, 0.05) is 24.1 Å². The topological polar surface area (TPSA) is 299 Å². The SMILES string of the molecule is CC(C)NC(CC(=O)O)C(=O)NC(CCCNC(=N)N)C(=O)NC(CC(=O)O)C(=O)NC(CSSCCOC(=O)C(C)C)C(=O)O. The largest absolute Gasteiger partial charge is 0.481 e. The van der Waals surface area contributed by atoms with Gasteiger partial charge in [-0.2, -0.15) is 0 Å². The molecule has 11 N–H and O–H groups in total. The van der Waals surface area contributed by atoms with E-state index >= 15 is 0 Å². The predicted octanol–water partition coefficient (Wildman–Crippen LogP) is -1.31. The molecule has 0 saturated carbocycles. The summed E-state index contributed by atoms with van der Waals surface area (Å²) in [4.78, 5) is 85.4. The molecule has 0 rings (SSSR count). The smallest absolute Gasteiger partial charge is 0.327 e. The molecular weight excluding hydrogens is 650 g/mol. The Morgan fingerprint density at radius 2 is 1.30 bits per heavy atom. The highest BCUT2D eigenvalue weighted by Gasteiger charge is 2.32. The van der Waals surface area contributed by atoms with E-state index in [9.17, 15) is 48.9 Å². The van der Waals surface area contributed by atoms with Gasteiger partial charge in [-0.1, -0.05) is 49.3 Å². The Labute approximate surface area is 274 Å². The van der Waals surface area contributed by atoms with E-state index in [0.29, 0.717) is 5.75 Å². The van der Waals surface area contributed by atoms with Crippen LogP contribution in [0, 0.1) is 11.3 Å². The fraction of sp³-hybridized carbons (Fsp3) is 0.692. The van der Waals surface area contributed by atoms with Gasteiger partial charge in [-0.05, 0) is 12.8 Å². The molecule has 0 spiro atoms. The van der Waals surface area contributed by atoms with E-state index in [4.69, 9.17) is 15.9 Å². The normalized spacial score (nSPS) is 13.5. The van der Waals surface area contributed by atoms with Crippen LogP contribution in [0.5, 0.6) is 0 Å². The highest BCUT2D eigenvalue weighted by atomic mass is 33.1. The number of nitrogens with two attached hydrogens (primary N) is 1. The van der Waals surface area contributed by atoms with E-state index in [1.165, 1.54) is 10.8 Å². The lowest BCUT2D eigenvalue weighted by Crippen LogP contribution is -2.58. The van der Waals surface area contributed by atoms with E-state index in [-0.39, 0.29) is 55.6 Å². The fourth-order valence-electron chi connectivity index (χ4n) is 3.50. The Kier molecular flexibility index (Phi) is 20.8. The minimum atomic E-state index is -1.74. The van der Waals surface area contributed by atoms with Crippen LogP contribution in [-0.4, -0.2) is 118 Å². The summed E-state index contributed by atoms with van der Waals surface area (Å²) in [5.41, 5.74) is 5.26. The second-order valence-electron chi connectivity index (χ2n) is 10.5. The van der Waals surface area contributed by atoms with Gasteiger partial charge in [0.15, 0.2) is 5.96 Å². The van der Waals surface area contributed by atoms with Gasteiger partial charge >= 0.3 is 23.9 Å². The molecule has 0 saturated heterocycles. The minimum absolute atomic E-state index is 0.0845. The summed E-state index contributed by atoms with van der Waals surface area (Å²) in [5, 5.41) is 47.6. The number of guanidine groups is 1. The Hall–Kier alpha value is -3.78. The number of nitrogens with one attached hydrogen (secondary N) is 6. The third-order valence-corrected chi connectivity index (χ3v) is 8.05. The fourth-order valence-corrected chi connectivity index (χ4v) is 5.48. The highest BCUT2D eigenvalue weighted by molar-refractivity contribution is 8.76. The maximum Gasteiger partial charge on any atom is 0.327 e. The minimum Gasteiger partial charge on any atom is -0.481 e. The van der Waals surface area contributed by atoms with Crippen LogP contribution in [0.2, 0.25) is 0 Å². The zero-order valence-corrected chi connectivity index (χ0v) is 27.8. The van der Waals surface area contributed by atoms with Crippen LogP contribution in [0.4, 0.5) is 0 Å². The van der Waals surface area contributed by atoms with Crippen molar-refractivity contribution in [2.75, 3.05) is 24.7 Å². The molecular formula is C26H45N7O11S2. The van der Waals surface area contributed by atoms with Crippen LogP contribution in [0.15, 0.2) is 0 Å². The maximum absolute atomic E-state index is 13.3. The summed E-state index contributed by atoms with van der Waals surface area (Å²) in [7, 11) is 2.26. The second-order valence-corrected chi connectivity index (χ2v) is 13.1. The molecule has 0 bridgehead atoms. The monoisotopic (exact) mass is 695 g/mol. The van der Waals surface area contributed by atoms with E-state index < -0.39 is 72.6 Å². The van der Waals surface area contributed by atoms with E-state index in [1.54, 1.807) is 27.7 Å². The number of esters is 1. The van der Waals surface area contributed by atoms with Crippen LogP contribution >= 0.6 is 21.6 Å². The molecule has 0 fully saturated rings. The summed E-state index contributed by atoms with van der Waals surface area (Å²) in [6, 6.07) is -6.11. The van der Waals surface area contributed by atoms with Gasteiger partial charge in [-0.15, -0.1) is 0 Å². The van der Waals surface area contributed by atoms with Crippen molar-refractivity contribution in [1.29, 1.82) is 5.41 Å². The molecule has 0 aromatic heterocycles. The van der Waals surface area contributed by atoms with Crippen LogP contribution in [0.3, 0.4) is 0 Å². The molecule has 0 aliphatic heterocycles. The Bertz CT molecular complexity index is 1080. The van der Waals surface area contributed by atoms with Crippen LogP contribution in [0.25, 0.3) is 0 Å². The molecule has 4 atom stereocenters. The number of amides is 3. The van der Waals surface area contributed by atoms with Gasteiger partial charge < -0.3 is 52.4 Å². The summed E-state index contributed by atoms with van der Waals surface area (Å²) < 4.78 is 5.03. The molecule has 0 radical (unpaired) electrons. The third kappa shape index (κ3) is 19.6. The number of hydrogen-bond donors (Lipinski definition) is 10. The molecule has 20 heteroatoms. The van der Waals surface area contributed by atoms with Crippen LogP contribution in [0.1, 0.15) is 53.4 Å². The van der Waals surface area contributed by atoms with Crippen molar-refractivity contribution in [2.24, 2.45) is 11.7 Å². The van der Waals surface area contributed by atoms with E-state index in [2.05, 4.69) is 26.6 Å². The zero-order valence-electron chi connectivity index (χ0n) is 26.1. The standard InChI is InChI=1S/C26H45N7O11S2/c1-13(2)25(43)44-8-9-45-46-12-18(24(41)42)33-23(40)17(11-20(36)37)32-21(38)15(6-5-7-29-26(27)28)31-22(39)16(10-19(34)35)30-14(3)4/h13-18,30H,5-12H2,1-4H3,(H,31,39)(H,32,38)(H,33,40)(H,34,35)(H,36,37)(H,41,42)(H4,27,28,29). The first-order chi connectivity index (χ1) is 21.4. The van der Waals surface area contributed by atoms with Gasteiger partial charge in [0.25, 0.3) is 0 Å². The zero-order chi connectivity index (χ0) is 35.4. The molecule has 46 heavy (non-hydrogen) atoms. The number of aliphatic carboxylic acids is 3. The number of hydrogen-bond acceptors (Lipinski definition) is 12. The molecule has 18 nitrogen and oxygen atoms in total. The van der Waals surface area contributed by atoms with E-state index in [0.717, 1.165) is 10.8 Å². The second kappa shape index (κ2) is 22.7. The van der Waals surface area contributed by atoms with Crippen molar-refractivity contribution in [3.8, 4) is 0 Å². The summed E-state index contributed by atoms with van der Waals surface area (Å²) in [5.74, 6) is -7.93. The molecule has 0 heterocycles. The van der Waals surface area contributed by atoms with Crippen molar-refractivity contribution in [2.45, 2.75) is 83.6 Å². The lowest BCUT2D eigenvalue weighted by Gasteiger charge is -2.26. The van der Waals surface area contributed by atoms with Crippen molar-refractivity contribution in [1.82, 2.24) is 26.6 Å². The predicted molar refractivity (Wildman–Crippen MR) is 170 cm³/mol. The summed E-state index contributed by atoms with van der Waals surface area (Å²) >= 11 is 0. The first-order valence-corrected chi connectivity index (χ1v) is 16.8. The lowest BCUT2D eigenvalue weighted by atomic mass is 10.1. The van der Waals surface area contributed by atoms with E-state index in [1.807, 2.05) is 0 Å². The average Bonchev–Trinajstić information content (AvgIpc) is 2.93. The quantitative estimate of drug-likeness (QED) is 0.0184. The van der Waals surface area contributed by atoms with Gasteiger partial charge in [-0.3, -0.25) is 34.2 Å². The Morgan fingerprint density at radius 3 is 1.83 bits per heavy atom. The third-order valence-electron chi connectivity index (χ3n) is 5.67. The number of rotatable bonds is 24. The summed E-state index contributed by atoms with van der Waals surface area (Å²) in [6.07, 6.45) is -1.44. The average molecular weight is 696 g/mol. The van der Waals surface area contributed by atoms with Crippen molar-refractivity contribution in [3.05, 3.63) is 0 Å². The van der Waals surface area contributed by atoms with Crippen LogP contribution in [-0.2, 0) is 38.3 Å². The van der Waals surface area contributed by atoms with Crippen molar-refractivity contribution >= 4 is 69.1 Å². The number of carbonyl (C=O) groups is 7. The lowest BCUT2D eigenvalue weighted by molar-refractivity contribution is -0.146. The number of ether oxygens (including phenoxy) is 1. The Morgan fingerprint density at radius 1 is 0.783 bits per heavy atom. The van der Waals surface area contributed by atoms with Gasteiger partial charge in [0.2, 0.25) is 17.7 Å².